The van der Waals surface area contributed by atoms with E-state index in [1.165, 1.54) is 0 Å². The maximum absolute atomic E-state index is 13.9. The summed E-state index contributed by atoms with van der Waals surface area (Å²) in [4.78, 5) is 37.2. The molecule has 0 saturated carbocycles. The molecule has 4 aromatic carbocycles. The number of hydrogen-bond acceptors (Lipinski definition) is 5. The lowest BCUT2D eigenvalue weighted by atomic mass is 9.96. The molecule has 8 rings (SSSR count). The van der Waals surface area contributed by atoms with Gasteiger partial charge in [-0.05, 0) is 55.5 Å². The summed E-state index contributed by atoms with van der Waals surface area (Å²) in [6.07, 6.45) is 0. The van der Waals surface area contributed by atoms with Crippen LogP contribution in [0.2, 0.25) is 10.0 Å². The molecule has 0 aliphatic rings. The van der Waals surface area contributed by atoms with E-state index in [1.54, 1.807) is 51.3 Å². The van der Waals surface area contributed by atoms with E-state index >= 15 is 0 Å². The molecule has 0 spiro atoms. The van der Waals surface area contributed by atoms with Gasteiger partial charge in [-0.2, -0.15) is 0 Å². The summed E-state index contributed by atoms with van der Waals surface area (Å²) in [6, 6.07) is 16.1. The maximum Gasteiger partial charge on any atom is 0.264 e. The molecule has 0 bridgehead atoms. The summed E-state index contributed by atoms with van der Waals surface area (Å²) in [5, 5.41) is 4.90. The molecule has 4 aromatic heterocycles. The highest BCUT2D eigenvalue weighted by molar-refractivity contribution is 6.33. The summed E-state index contributed by atoms with van der Waals surface area (Å²) in [5.41, 5.74) is 3.11. The number of fused-ring (bicyclic) bond motifs is 8. The second kappa shape index (κ2) is 6.97. The fraction of sp³-hybridized carbons (Fsp3) is 0.0714. The van der Waals surface area contributed by atoms with Crippen LogP contribution < -0.4 is 15.9 Å². The van der Waals surface area contributed by atoms with Crippen LogP contribution in [0.15, 0.2) is 64.2 Å². The van der Waals surface area contributed by atoms with Crippen molar-refractivity contribution in [3.05, 3.63) is 85.4 Å². The lowest BCUT2D eigenvalue weighted by Gasteiger charge is -2.12. The lowest BCUT2D eigenvalue weighted by molar-refractivity contribution is 0.341. The molecule has 0 aliphatic carbocycles. The first-order valence-electron chi connectivity index (χ1n) is 11.7. The Bertz CT molecular complexity index is 2390. The van der Waals surface area contributed by atoms with Gasteiger partial charge in [-0.15, -0.1) is 0 Å². The van der Waals surface area contributed by atoms with Crippen LogP contribution in [0.5, 0.6) is 5.75 Å². The Morgan fingerprint density at radius 2 is 1.30 bits per heavy atom. The van der Waals surface area contributed by atoms with E-state index in [9.17, 15) is 9.59 Å². The SMILES string of the molecule is CCOc1cc2nc3c4ccc5c(=O)n6c7ccc(Cl)cc7nc6c6ccc(c(=O)n3c2cc1Cl)c4c56. The van der Waals surface area contributed by atoms with Crippen LogP contribution in [0, 0.1) is 0 Å². The molecule has 37 heavy (non-hydrogen) atoms. The monoisotopic (exact) mass is 524 g/mol. The second-order valence-electron chi connectivity index (χ2n) is 9.06. The summed E-state index contributed by atoms with van der Waals surface area (Å²) in [6.45, 7) is 2.34. The molecule has 8 aromatic rings. The fourth-order valence-electron chi connectivity index (χ4n) is 5.64. The summed E-state index contributed by atoms with van der Waals surface area (Å²) >= 11 is 12.6. The Morgan fingerprint density at radius 1 is 0.730 bits per heavy atom. The topological polar surface area (TPSA) is 78.0 Å². The lowest BCUT2D eigenvalue weighted by Crippen LogP contribution is -2.16. The quantitative estimate of drug-likeness (QED) is 0.257. The molecule has 0 N–H and O–H groups in total. The van der Waals surface area contributed by atoms with Gasteiger partial charge in [0.25, 0.3) is 11.1 Å². The van der Waals surface area contributed by atoms with Gasteiger partial charge >= 0.3 is 0 Å². The number of pyridine rings is 2. The molecular weight excluding hydrogens is 511 g/mol. The highest BCUT2D eigenvalue weighted by Gasteiger charge is 2.23. The molecule has 0 aliphatic heterocycles. The Morgan fingerprint density at radius 3 is 1.92 bits per heavy atom. The van der Waals surface area contributed by atoms with Crippen molar-refractivity contribution in [3.63, 3.8) is 0 Å². The van der Waals surface area contributed by atoms with Crippen molar-refractivity contribution in [2.24, 2.45) is 0 Å². The molecule has 0 unspecified atom stereocenters. The van der Waals surface area contributed by atoms with Gasteiger partial charge in [0.1, 0.15) is 17.0 Å². The second-order valence-corrected chi connectivity index (χ2v) is 9.90. The smallest absolute Gasteiger partial charge is 0.264 e. The molecule has 4 heterocycles. The first-order chi connectivity index (χ1) is 18.0. The number of aromatic nitrogens is 4. The average Bonchev–Trinajstić information content (AvgIpc) is 3.45. The van der Waals surface area contributed by atoms with E-state index in [0.29, 0.717) is 77.3 Å². The highest BCUT2D eigenvalue weighted by Crippen LogP contribution is 2.38. The van der Waals surface area contributed by atoms with Crippen LogP contribution in [0.25, 0.3) is 65.7 Å². The van der Waals surface area contributed by atoms with Gasteiger partial charge in [0, 0.05) is 43.4 Å². The first kappa shape index (κ1) is 20.9. The van der Waals surface area contributed by atoms with Crippen molar-refractivity contribution in [3.8, 4) is 5.75 Å². The molecule has 9 heteroatoms. The van der Waals surface area contributed by atoms with E-state index in [-0.39, 0.29) is 11.1 Å². The van der Waals surface area contributed by atoms with Crippen molar-refractivity contribution >= 4 is 88.9 Å². The average molecular weight is 525 g/mol. The van der Waals surface area contributed by atoms with Crippen molar-refractivity contribution in [1.82, 2.24) is 18.8 Å². The van der Waals surface area contributed by atoms with Crippen molar-refractivity contribution < 1.29 is 4.74 Å². The minimum atomic E-state index is -0.229. The van der Waals surface area contributed by atoms with Gasteiger partial charge in [-0.25, -0.2) is 9.97 Å². The predicted molar refractivity (Wildman–Crippen MR) is 148 cm³/mol. The third-order valence-corrected chi connectivity index (χ3v) is 7.66. The number of rotatable bonds is 2. The van der Waals surface area contributed by atoms with E-state index in [4.69, 9.17) is 37.9 Å². The standard InChI is InChI=1S/C28H14Cl2N4O3/c1-2-37-22-11-19-21(10-17(22)30)34-26(32-19)14-5-6-15-23-13(4-7-16(24(14)23)28(34)36)25-31-18-9-12(29)3-8-20(18)33(25)27(15)35/h3-11H,2H2,1H3. The van der Waals surface area contributed by atoms with Gasteiger partial charge in [0.15, 0.2) is 0 Å². The van der Waals surface area contributed by atoms with Crippen molar-refractivity contribution in [2.45, 2.75) is 6.92 Å². The fourth-order valence-corrected chi connectivity index (χ4v) is 6.02. The Kier molecular flexibility index (Phi) is 3.94. The predicted octanol–water partition coefficient (Wildman–Crippen LogP) is 6.05. The third kappa shape index (κ3) is 2.52. The van der Waals surface area contributed by atoms with Crippen LogP contribution >= 0.6 is 23.2 Å². The zero-order valence-corrected chi connectivity index (χ0v) is 20.7. The number of ether oxygens (including phenoxy) is 1. The number of nitrogens with zero attached hydrogens (tertiary/aromatic N) is 4. The van der Waals surface area contributed by atoms with Crippen LogP contribution in [0.4, 0.5) is 0 Å². The number of benzene rings is 4. The molecule has 0 saturated heterocycles. The van der Waals surface area contributed by atoms with Gasteiger partial charge < -0.3 is 4.74 Å². The van der Waals surface area contributed by atoms with E-state index in [0.717, 1.165) is 10.8 Å². The van der Waals surface area contributed by atoms with Gasteiger partial charge in [0.05, 0.1) is 33.7 Å². The van der Waals surface area contributed by atoms with Crippen molar-refractivity contribution in [2.75, 3.05) is 6.61 Å². The zero-order chi connectivity index (χ0) is 25.2. The molecule has 0 radical (unpaired) electrons. The van der Waals surface area contributed by atoms with Crippen LogP contribution in [0.1, 0.15) is 6.92 Å². The first-order valence-corrected chi connectivity index (χ1v) is 12.4. The van der Waals surface area contributed by atoms with Crippen LogP contribution in [0.3, 0.4) is 0 Å². The molecule has 0 atom stereocenters. The Balaban J connectivity index is 1.61. The maximum atomic E-state index is 13.9. The summed E-state index contributed by atoms with van der Waals surface area (Å²) < 4.78 is 8.83. The number of halogens is 2. The minimum absolute atomic E-state index is 0.198. The van der Waals surface area contributed by atoms with Gasteiger partial charge in [-0.1, -0.05) is 23.2 Å². The van der Waals surface area contributed by atoms with Crippen molar-refractivity contribution in [1.29, 1.82) is 0 Å². The molecule has 178 valence electrons. The van der Waals surface area contributed by atoms with Gasteiger partial charge in [-0.3, -0.25) is 18.4 Å². The van der Waals surface area contributed by atoms with E-state index in [2.05, 4.69) is 0 Å². The van der Waals surface area contributed by atoms with E-state index < -0.39 is 0 Å². The normalized spacial score (nSPS) is 12.5. The Labute approximate surface area is 216 Å². The minimum Gasteiger partial charge on any atom is -0.492 e. The number of imidazole rings is 2. The number of hydrogen-bond donors (Lipinski definition) is 0. The zero-order valence-electron chi connectivity index (χ0n) is 19.2. The molecule has 7 nitrogen and oxygen atoms in total. The highest BCUT2D eigenvalue weighted by atomic mass is 35.5. The molecule has 0 amide bonds. The largest absolute Gasteiger partial charge is 0.492 e. The Hall–Kier alpha value is -4.20. The van der Waals surface area contributed by atoms with Crippen LogP contribution in [-0.2, 0) is 0 Å². The molecular formula is C28H14Cl2N4O3. The summed E-state index contributed by atoms with van der Waals surface area (Å²) in [7, 11) is 0. The molecule has 0 fully saturated rings. The van der Waals surface area contributed by atoms with Crippen LogP contribution in [-0.4, -0.2) is 25.4 Å². The third-order valence-electron chi connectivity index (χ3n) is 7.13. The van der Waals surface area contributed by atoms with E-state index in [1.807, 2.05) is 19.1 Å². The van der Waals surface area contributed by atoms with Gasteiger partial charge in [0.2, 0.25) is 0 Å². The summed E-state index contributed by atoms with van der Waals surface area (Å²) in [5.74, 6) is 0.513.